The Bertz CT molecular complexity index is 1050. The van der Waals surface area contributed by atoms with Crippen molar-refractivity contribution >= 4 is 27.8 Å². The molecule has 0 aliphatic heterocycles. The van der Waals surface area contributed by atoms with Gasteiger partial charge in [-0.15, -0.1) is 0 Å². The Balaban J connectivity index is 1.25. The van der Waals surface area contributed by atoms with Gasteiger partial charge in [0.25, 0.3) is 11.8 Å². The quantitative estimate of drug-likeness (QED) is 0.470. The van der Waals surface area contributed by atoms with Crippen LogP contribution >= 0.6 is 0 Å². The van der Waals surface area contributed by atoms with Crippen LogP contribution in [-0.4, -0.2) is 62.3 Å². The third-order valence-corrected chi connectivity index (χ3v) is 9.69. The molecule has 0 saturated heterocycles. The van der Waals surface area contributed by atoms with Crippen molar-refractivity contribution in [3.8, 4) is 0 Å². The van der Waals surface area contributed by atoms with Crippen LogP contribution in [0.2, 0.25) is 0 Å². The molecule has 4 fully saturated rings. The van der Waals surface area contributed by atoms with Crippen molar-refractivity contribution in [1.29, 1.82) is 0 Å². The van der Waals surface area contributed by atoms with E-state index in [0.717, 1.165) is 19.3 Å². The molecule has 0 atom stereocenters. The van der Waals surface area contributed by atoms with Gasteiger partial charge in [0, 0.05) is 24.2 Å². The fraction of sp³-hybridized carbons (Fsp3) is 0.640. The number of ether oxygens (including phenoxy) is 1. The zero-order chi connectivity index (χ0) is 25.2. The molecule has 35 heavy (non-hydrogen) atoms. The van der Waals surface area contributed by atoms with Crippen LogP contribution in [-0.2, 0) is 24.3 Å². The van der Waals surface area contributed by atoms with Crippen molar-refractivity contribution in [2.24, 2.45) is 17.8 Å². The molecule has 1 aromatic carbocycles. The van der Waals surface area contributed by atoms with Gasteiger partial charge < -0.3 is 15.4 Å². The summed E-state index contributed by atoms with van der Waals surface area (Å²) in [5, 5.41) is 5.58. The first-order valence-corrected chi connectivity index (χ1v) is 13.9. The maximum atomic E-state index is 12.7. The second-order valence-corrected chi connectivity index (χ2v) is 12.1. The highest BCUT2D eigenvalue weighted by Gasteiger charge is 2.51. The third kappa shape index (κ3) is 5.69. The van der Waals surface area contributed by atoms with Gasteiger partial charge in [0.1, 0.15) is 6.54 Å². The number of nitrogens with zero attached hydrogens (tertiary/aromatic N) is 1. The van der Waals surface area contributed by atoms with Crippen molar-refractivity contribution in [3.63, 3.8) is 0 Å². The Morgan fingerprint density at radius 2 is 1.63 bits per heavy atom. The van der Waals surface area contributed by atoms with Crippen LogP contribution in [0.4, 0.5) is 0 Å². The Morgan fingerprint density at radius 3 is 2.20 bits per heavy atom. The molecule has 0 heterocycles. The van der Waals surface area contributed by atoms with Crippen molar-refractivity contribution in [2.45, 2.75) is 62.8 Å². The predicted octanol–water partition coefficient (Wildman–Crippen LogP) is 2.08. The van der Waals surface area contributed by atoms with Gasteiger partial charge in [0.2, 0.25) is 10.0 Å². The van der Waals surface area contributed by atoms with E-state index in [9.17, 15) is 22.8 Å². The molecule has 0 radical (unpaired) electrons. The van der Waals surface area contributed by atoms with Gasteiger partial charge in [0.15, 0.2) is 6.61 Å². The van der Waals surface area contributed by atoms with Gasteiger partial charge in [0.05, 0.1) is 4.90 Å². The fourth-order valence-electron chi connectivity index (χ4n) is 6.56. The van der Waals surface area contributed by atoms with Crippen LogP contribution in [0.3, 0.4) is 0 Å². The first kappa shape index (κ1) is 25.6. The fourth-order valence-corrected chi connectivity index (χ4v) is 8.06. The molecular formula is C25H35N3O6S. The van der Waals surface area contributed by atoms with Crippen LogP contribution in [0.5, 0.6) is 0 Å². The van der Waals surface area contributed by atoms with Crippen molar-refractivity contribution in [2.75, 3.05) is 26.2 Å². The van der Waals surface area contributed by atoms with Gasteiger partial charge in [-0.1, -0.05) is 19.9 Å². The van der Waals surface area contributed by atoms with Gasteiger partial charge in [-0.3, -0.25) is 14.4 Å². The van der Waals surface area contributed by atoms with Gasteiger partial charge >= 0.3 is 5.97 Å². The Hall–Kier alpha value is -2.46. The van der Waals surface area contributed by atoms with Crippen molar-refractivity contribution in [1.82, 2.24) is 14.9 Å². The minimum atomic E-state index is -3.71. The molecule has 4 saturated carbocycles. The van der Waals surface area contributed by atoms with E-state index >= 15 is 0 Å². The summed E-state index contributed by atoms with van der Waals surface area (Å²) in [6, 6.07) is 5.67. The first-order valence-electron chi connectivity index (χ1n) is 12.5. The molecule has 4 aliphatic rings. The summed E-state index contributed by atoms with van der Waals surface area (Å²) in [6.07, 6.45) is 6.85. The number of amides is 2. The van der Waals surface area contributed by atoms with Crippen LogP contribution in [0, 0.1) is 17.8 Å². The van der Waals surface area contributed by atoms with Gasteiger partial charge in [-0.2, -0.15) is 4.31 Å². The lowest BCUT2D eigenvalue weighted by atomic mass is 9.53. The van der Waals surface area contributed by atoms with Crippen molar-refractivity contribution < 1.29 is 27.5 Å². The summed E-state index contributed by atoms with van der Waals surface area (Å²) in [6.45, 7) is 3.32. The maximum absolute atomic E-state index is 12.7. The molecule has 10 heteroatoms. The van der Waals surface area contributed by atoms with Crippen LogP contribution in [0.1, 0.15) is 62.7 Å². The highest BCUT2D eigenvalue weighted by Crippen LogP contribution is 2.55. The Kier molecular flexibility index (Phi) is 7.51. The smallest absolute Gasteiger partial charge is 0.325 e. The summed E-state index contributed by atoms with van der Waals surface area (Å²) < 4.78 is 31.8. The molecule has 4 aliphatic carbocycles. The normalized spacial score (nSPS) is 27.0. The average Bonchev–Trinajstić information content (AvgIpc) is 2.80. The zero-order valence-corrected chi connectivity index (χ0v) is 21.2. The molecular weight excluding hydrogens is 470 g/mol. The molecule has 0 spiro atoms. The zero-order valence-electron chi connectivity index (χ0n) is 20.4. The molecule has 4 bridgehead atoms. The number of hydrogen-bond acceptors (Lipinski definition) is 6. The van der Waals surface area contributed by atoms with E-state index in [1.807, 2.05) is 0 Å². The molecule has 5 rings (SSSR count). The molecule has 9 nitrogen and oxygen atoms in total. The lowest BCUT2D eigenvalue weighted by Crippen LogP contribution is -2.60. The number of carbonyl (C=O) groups is 3. The standard InChI is InChI=1S/C25H35N3O6S/c1-3-28(4-2)35(32,33)21-7-5-6-20(11-21)24(31)26-15-23(30)34-16-22(29)27-25-12-17-8-18(13-25)10-19(9-17)14-25/h5-7,11,17-19H,3-4,8-10,12-16H2,1-2H3,(H,26,31)(H,27,29). The molecule has 2 amide bonds. The van der Waals surface area contributed by atoms with E-state index in [2.05, 4.69) is 10.6 Å². The largest absolute Gasteiger partial charge is 0.454 e. The first-order chi connectivity index (χ1) is 16.6. The number of sulfonamides is 1. The Morgan fingerprint density at radius 1 is 1.03 bits per heavy atom. The third-order valence-electron chi connectivity index (χ3n) is 7.64. The van der Waals surface area contributed by atoms with E-state index in [1.165, 1.54) is 47.8 Å². The van der Waals surface area contributed by atoms with Gasteiger partial charge in [-0.05, 0) is 74.5 Å². The number of hydrogen-bond donors (Lipinski definition) is 2. The maximum Gasteiger partial charge on any atom is 0.325 e. The second kappa shape index (κ2) is 10.3. The number of benzene rings is 1. The Labute approximate surface area is 207 Å². The molecule has 192 valence electrons. The van der Waals surface area contributed by atoms with E-state index in [0.29, 0.717) is 30.8 Å². The lowest BCUT2D eigenvalue weighted by molar-refractivity contribution is -0.149. The SMILES string of the molecule is CCN(CC)S(=O)(=O)c1cccc(C(=O)NCC(=O)OCC(=O)NC23CC4CC(CC(C4)C2)C3)c1. The highest BCUT2D eigenvalue weighted by molar-refractivity contribution is 7.89. The number of carbonyl (C=O) groups excluding carboxylic acids is 3. The number of rotatable bonds is 10. The summed E-state index contributed by atoms with van der Waals surface area (Å²) >= 11 is 0. The van der Waals surface area contributed by atoms with E-state index in [1.54, 1.807) is 13.8 Å². The van der Waals surface area contributed by atoms with E-state index < -0.39 is 28.4 Å². The van der Waals surface area contributed by atoms with Crippen LogP contribution in [0.25, 0.3) is 0 Å². The predicted molar refractivity (Wildman–Crippen MR) is 129 cm³/mol. The monoisotopic (exact) mass is 505 g/mol. The van der Waals surface area contributed by atoms with Gasteiger partial charge in [-0.25, -0.2) is 8.42 Å². The minimum Gasteiger partial charge on any atom is -0.454 e. The highest BCUT2D eigenvalue weighted by atomic mass is 32.2. The lowest BCUT2D eigenvalue weighted by Gasteiger charge is -2.56. The average molecular weight is 506 g/mol. The van der Waals surface area contributed by atoms with E-state index in [-0.39, 0.29) is 28.5 Å². The summed E-state index contributed by atoms with van der Waals surface area (Å²) in [5.41, 5.74) is -0.0336. The number of esters is 1. The molecule has 1 aromatic rings. The second-order valence-electron chi connectivity index (χ2n) is 10.2. The minimum absolute atomic E-state index is 0.0118. The van der Waals surface area contributed by atoms with Crippen LogP contribution in [0.15, 0.2) is 29.2 Å². The summed E-state index contributed by atoms with van der Waals surface area (Å²) in [4.78, 5) is 37.1. The molecule has 0 aromatic heterocycles. The van der Waals surface area contributed by atoms with Crippen molar-refractivity contribution in [3.05, 3.63) is 29.8 Å². The molecule has 0 unspecified atom stereocenters. The van der Waals surface area contributed by atoms with E-state index in [4.69, 9.17) is 4.74 Å². The number of nitrogens with one attached hydrogen (secondary N) is 2. The van der Waals surface area contributed by atoms with Crippen LogP contribution < -0.4 is 10.6 Å². The topological polar surface area (TPSA) is 122 Å². The summed E-state index contributed by atoms with van der Waals surface area (Å²) in [7, 11) is -3.71. The summed E-state index contributed by atoms with van der Waals surface area (Å²) in [5.74, 6) is 0.447. The molecule has 2 N–H and O–H groups in total.